The lowest BCUT2D eigenvalue weighted by Crippen LogP contribution is -2.37. The van der Waals surface area contributed by atoms with Crippen LogP contribution in [0.4, 0.5) is 0 Å². The number of carbonyl (C=O) groups is 1. The summed E-state index contributed by atoms with van der Waals surface area (Å²) in [5, 5.41) is 0. The Kier molecular flexibility index (Phi) is 10.2. The average molecular weight is 689 g/mol. The topological polar surface area (TPSA) is 90.9 Å². The van der Waals surface area contributed by atoms with E-state index in [4.69, 9.17) is 37.9 Å². The Morgan fingerprint density at radius 2 is 1.31 bits per heavy atom. The van der Waals surface area contributed by atoms with Crippen LogP contribution in [0.1, 0.15) is 40.0 Å². The Morgan fingerprint density at radius 1 is 0.706 bits per heavy atom. The Balaban J connectivity index is 1.37. The number of methoxy groups -OCH3 is 3. The van der Waals surface area contributed by atoms with E-state index in [1.807, 2.05) is 91.0 Å². The van der Waals surface area contributed by atoms with Gasteiger partial charge >= 0.3 is 5.97 Å². The van der Waals surface area contributed by atoms with E-state index in [0.717, 1.165) is 27.8 Å². The first-order valence-electron chi connectivity index (χ1n) is 16.8. The highest BCUT2D eigenvalue weighted by Gasteiger charge is 2.52. The molecule has 262 valence electrons. The van der Waals surface area contributed by atoms with Crippen LogP contribution in [0.15, 0.2) is 127 Å². The van der Waals surface area contributed by atoms with Crippen LogP contribution in [-0.4, -0.2) is 47.5 Å². The van der Waals surface area contributed by atoms with Gasteiger partial charge in [0.05, 0.1) is 32.8 Å². The average Bonchev–Trinajstić information content (AvgIpc) is 3.80. The fraction of sp³-hybridized carbons (Fsp3) is 0.262. The molecule has 0 unspecified atom stereocenters. The van der Waals surface area contributed by atoms with Crippen molar-refractivity contribution in [2.45, 2.75) is 17.8 Å². The number of cyclic esters (lactones) is 1. The molecule has 2 aliphatic heterocycles. The fourth-order valence-electron chi connectivity index (χ4n) is 7.17. The number of ether oxygens (including phenoxy) is 8. The molecule has 2 heterocycles. The summed E-state index contributed by atoms with van der Waals surface area (Å²) in [4.78, 5) is 14.3. The third-order valence-corrected chi connectivity index (χ3v) is 9.55. The van der Waals surface area contributed by atoms with Gasteiger partial charge in [0.15, 0.2) is 23.0 Å². The van der Waals surface area contributed by atoms with Crippen molar-refractivity contribution >= 4 is 5.97 Å². The third kappa shape index (κ3) is 6.63. The summed E-state index contributed by atoms with van der Waals surface area (Å²) in [6.07, 6.45) is -1.49. The van der Waals surface area contributed by atoms with Gasteiger partial charge in [-0.15, -0.1) is 0 Å². The van der Waals surface area contributed by atoms with E-state index in [9.17, 15) is 4.79 Å². The van der Waals surface area contributed by atoms with Gasteiger partial charge in [0.1, 0.15) is 18.5 Å². The number of benzene rings is 5. The number of rotatable bonds is 14. The smallest absolute Gasteiger partial charge is 0.313 e. The van der Waals surface area contributed by atoms with Crippen molar-refractivity contribution < 1.29 is 42.7 Å². The summed E-state index contributed by atoms with van der Waals surface area (Å²) in [5.74, 6) is 0.506. The number of hydrogen-bond acceptors (Lipinski definition) is 9. The molecular formula is C42H40O9. The molecule has 2 aliphatic rings. The highest BCUT2D eigenvalue weighted by Crippen LogP contribution is 2.50. The molecule has 0 saturated carbocycles. The quantitative estimate of drug-likeness (QED) is 0.0664. The summed E-state index contributed by atoms with van der Waals surface area (Å²) >= 11 is 0. The first-order valence-corrected chi connectivity index (χ1v) is 16.8. The van der Waals surface area contributed by atoms with Gasteiger partial charge in [-0.25, -0.2) is 0 Å². The van der Waals surface area contributed by atoms with Crippen LogP contribution in [-0.2, 0) is 29.3 Å². The van der Waals surface area contributed by atoms with Crippen molar-refractivity contribution in [3.05, 3.63) is 155 Å². The van der Waals surface area contributed by atoms with Gasteiger partial charge in [0.25, 0.3) is 0 Å². The molecule has 1 saturated heterocycles. The Morgan fingerprint density at radius 3 is 1.90 bits per heavy atom. The second-order valence-corrected chi connectivity index (χ2v) is 12.4. The van der Waals surface area contributed by atoms with Gasteiger partial charge in [-0.05, 0) is 52.1 Å². The van der Waals surface area contributed by atoms with Crippen LogP contribution in [0.2, 0.25) is 0 Å². The lowest BCUT2D eigenvalue weighted by Gasteiger charge is -2.38. The predicted molar refractivity (Wildman–Crippen MR) is 189 cm³/mol. The largest absolute Gasteiger partial charge is 0.493 e. The van der Waals surface area contributed by atoms with Crippen LogP contribution in [0, 0.1) is 11.8 Å². The zero-order valence-corrected chi connectivity index (χ0v) is 28.7. The van der Waals surface area contributed by atoms with Crippen molar-refractivity contribution in [1.82, 2.24) is 0 Å². The Bertz CT molecular complexity index is 1820. The maximum atomic E-state index is 14.3. The molecule has 4 atom stereocenters. The van der Waals surface area contributed by atoms with E-state index in [1.165, 1.54) is 0 Å². The summed E-state index contributed by atoms with van der Waals surface area (Å²) < 4.78 is 47.9. The predicted octanol–water partition coefficient (Wildman–Crippen LogP) is 7.63. The Hall–Kier alpha value is -5.35. The SMILES string of the molecule is COCO[C@@H](c1ccc2c(c1)OCO2)[C@H]1C(=O)O[C@@H](c2ccc(OC)c(OC)c2)[C@@H]1COC(c1ccccc1)(c1ccccc1)c1ccccc1. The van der Waals surface area contributed by atoms with Crippen LogP contribution < -0.4 is 18.9 Å². The standard InChI is InChI=1S/C42H40O9/c1-44-26-49-40(29-20-22-35-37(24-29)48-27-47-35)38-33(39(51-41(38)43)28-19-21-34(45-2)36(23-28)46-3)25-50-42(30-13-7-4-8-14-30,31-15-9-5-10-16-31)32-17-11-6-12-18-32/h4-24,33,38-40H,25-27H2,1-3H3/t33-,38+,39+,40+/m1/s1. The molecule has 9 heteroatoms. The van der Waals surface area contributed by atoms with Crippen molar-refractivity contribution in [3.8, 4) is 23.0 Å². The molecule has 0 aliphatic carbocycles. The van der Waals surface area contributed by atoms with E-state index in [1.54, 1.807) is 21.3 Å². The fourth-order valence-corrected chi connectivity index (χ4v) is 7.17. The van der Waals surface area contributed by atoms with Crippen LogP contribution >= 0.6 is 0 Å². The molecule has 7 rings (SSSR count). The van der Waals surface area contributed by atoms with E-state index >= 15 is 0 Å². The lowest BCUT2D eigenvalue weighted by molar-refractivity contribution is -0.152. The van der Waals surface area contributed by atoms with E-state index in [0.29, 0.717) is 23.0 Å². The van der Waals surface area contributed by atoms with E-state index in [2.05, 4.69) is 36.4 Å². The minimum absolute atomic E-state index is 0.0561. The van der Waals surface area contributed by atoms with E-state index < -0.39 is 35.6 Å². The molecule has 0 aromatic heterocycles. The molecule has 5 aromatic carbocycles. The molecule has 5 aromatic rings. The van der Waals surface area contributed by atoms with Gasteiger partial charge in [0.2, 0.25) is 6.79 Å². The number of carbonyl (C=O) groups excluding carboxylic acids is 1. The molecule has 0 N–H and O–H groups in total. The number of esters is 1. The normalized spacial score (nSPS) is 18.6. The van der Waals surface area contributed by atoms with Crippen molar-refractivity contribution in [3.63, 3.8) is 0 Å². The maximum absolute atomic E-state index is 14.3. The van der Waals surface area contributed by atoms with Gasteiger partial charge in [0, 0.05) is 13.0 Å². The lowest BCUT2D eigenvalue weighted by atomic mass is 9.78. The van der Waals surface area contributed by atoms with Crippen LogP contribution in [0.3, 0.4) is 0 Å². The minimum Gasteiger partial charge on any atom is -0.493 e. The van der Waals surface area contributed by atoms with Crippen LogP contribution in [0.5, 0.6) is 23.0 Å². The number of hydrogen-bond donors (Lipinski definition) is 0. The summed E-state index contributed by atoms with van der Waals surface area (Å²) in [5.41, 5.74) is 3.23. The van der Waals surface area contributed by atoms with Gasteiger partial charge < -0.3 is 37.9 Å². The first-order chi connectivity index (χ1) is 25.1. The zero-order valence-electron chi connectivity index (χ0n) is 28.7. The summed E-state index contributed by atoms with van der Waals surface area (Å²) in [6, 6.07) is 41.5. The molecule has 1 fully saturated rings. The van der Waals surface area contributed by atoms with Crippen molar-refractivity contribution in [2.24, 2.45) is 11.8 Å². The minimum atomic E-state index is -1.04. The molecule has 51 heavy (non-hydrogen) atoms. The second kappa shape index (κ2) is 15.3. The molecular weight excluding hydrogens is 648 g/mol. The molecule has 0 radical (unpaired) electrons. The Labute approximate surface area is 297 Å². The first kappa shape index (κ1) is 34.1. The maximum Gasteiger partial charge on any atom is 0.313 e. The summed E-state index contributed by atoms with van der Waals surface area (Å²) in [7, 11) is 4.71. The van der Waals surface area contributed by atoms with Gasteiger partial charge in [-0.3, -0.25) is 4.79 Å². The van der Waals surface area contributed by atoms with Crippen LogP contribution in [0.25, 0.3) is 0 Å². The van der Waals surface area contributed by atoms with Crippen molar-refractivity contribution in [2.75, 3.05) is 41.5 Å². The zero-order chi connectivity index (χ0) is 35.2. The molecule has 0 spiro atoms. The van der Waals surface area contributed by atoms with Crippen molar-refractivity contribution in [1.29, 1.82) is 0 Å². The summed E-state index contributed by atoms with van der Waals surface area (Å²) in [6.45, 7) is 0.164. The molecule has 9 nitrogen and oxygen atoms in total. The van der Waals surface area contributed by atoms with Gasteiger partial charge in [-0.1, -0.05) is 103 Å². The second-order valence-electron chi connectivity index (χ2n) is 12.4. The molecule has 0 bridgehead atoms. The highest BCUT2D eigenvalue weighted by atomic mass is 16.7. The highest BCUT2D eigenvalue weighted by molar-refractivity contribution is 5.77. The number of fused-ring (bicyclic) bond motifs is 1. The molecule has 0 amide bonds. The monoisotopic (exact) mass is 688 g/mol. The third-order valence-electron chi connectivity index (χ3n) is 9.55. The van der Waals surface area contributed by atoms with Gasteiger partial charge in [-0.2, -0.15) is 0 Å². The van der Waals surface area contributed by atoms with E-state index in [-0.39, 0.29) is 20.2 Å².